The van der Waals surface area contributed by atoms with Gasteiger partial charge in [0.15, 0.2) is 0 Å². The molecular weight excluding hydrogens is 324 g/mol. The quantitative estimate of drug-likeness (QED) is 0.466. The lowest BCUT2D eigenvalue weighted by molar-refractivity contribution is -0.137. The van der Waals surface area contributed by atoms with Crippen LogP contribution in [0.2, 0.25) is 0 Å². The predicted octanol–water partition coefficient (Wildman–Crippen LogP) is 0.887. The molecule has 7 heteroatoms. The van der Waals surface area contributed by atoms with E-state index >= 15 is 0 Å². The van der Waals surface area contributed by atoms with Crippen molar-refractivity contribution in [2.75, 3.05) is 40.0 Å². The number of ether oxygens (including phenoxy) is 2. The third-order valence-corrected chi connectivity index (χ3v) is 4.80. The van der Waals surface area contributed by atoms with Crippen molar-refractivity contribution in [3.63, 3.8) is 0 Å². The molecule has 140 valence electrons. The lowest BCUT2D eigenvalue weighted by Gasteiger charge is -2.30. The Morgan fingerprint density at radius 1 is 1.08 bits per heavy atom. The Labute approximate surface area is 148 Å². The third kappa shape index (κ3) is 6.59. The molecule has 1 fully saturated rings. The Balaban J connectivity index is 1.55. The number of methoxy groups -OCH3 is 1. The molecule has 0 spiro atoms. The van der Waals surface area contributed by atoms with E-state index in [0.717, 1.165) is 25.7 Å². The second-order valence-corrected chi connectivity index (χ2v) is 6.67. The standard InChI is InChI=1S/C18H28N2O5/c1-24-10-11-25-9-8-16(21)19-12-14-2-4-15(5-3-14)13-20-17(22)6-7-18(20)23/h6-7,14-15H,2-5,8-13H2,1H3,(H,19,21). The number of hydrogen-bond acceptors (Lipinski definition) is 5. The van der Waals surface area contributed by atoms with Gasteiger partial charge >= 0.3 is 0 Å². The second kappa shape index (κ2) is 10.3. The van der Waals surface area contributed by atoms with Crippen molar-refractivity contribution >= 4 is 17.7 Å². The number of rotatable bonds is 10. The first-order chi connectivity index (χ1) is 12.1. The normalized spacial score (nSPS) is 23.3. The number of carbonyl (C=O) groups excluding carboxylic acids is 3. The summed E-state index contributed by atoms with van der Waals surface area (Å²) in [5.74, 6) is 0.449. The lowest BCUT2D eigenvalue weighted by Crippen LogP contribution is -2.37. The third-order valence-electron chi connectivity index (χ3n) is 4.80. The van der Waals surface area contributed by atoms with E-state index in [4.69, 9.17) is 9.47 Å². The summed E-state index contributed by atoms with van der Waals surface area (Å²) in [6.45, 7) is 2.66. The SMILES string of the molecule is COCCOCCC(=O)NCC1CCC(CN2C(=O)C=CC2=O)CC1. The van der Waals surface area contributed by atoms with Gasteiger partial charge in [0.2, 0.25) is 5.91 Å². The van der Waals surface area contributed by atoms with Gasteiger partial charge in [0, 0.05) is 38.8 Å². The molecule has 2 aliphatic rings. The minimum Gasteiger partial charge on any atom is -0.382 e. The topological polar surface area (TPSA) is 84.9 Å². The number of amides is 3. The molecule has 0 radical (unpaired) electrons. The molecule has 0 aromatic rings. The highest BCUT2D eigenvalue weighted by Gasteiger charge is 2.29. The monoisotopic (exact) mass is 352 g/mol. The smallest absolute Gasteiger partial charge is 0.253 e. The zero-order valence-electron chi connectivity index (χ0n) is 14.9. The first-order valence-electron chi connectivity index (χ1n) is 8.97. The van der Waals surface area contributed by atoms with Crippen molar-refractivity contribution in [1.82, 2.24) is 10.2 Å². The Bertz CT molecular complexity index is 480. The van der Waals surface area contributed by atoms with E-state index in [1.165, 1.54) is 17.1 Å². The highest BCUT2D eigenvalue weighted by Crippen LogP contribution is 2.29. The van der Waals surface area contributed by atoms with Gasteiger partial charge in [-0.15, -0.1) is 0 Å². The summed E-state index contributed by atoms with van der Waals surface area (Å²) in [7, 11) is 1.61. The van der Waals surface area contributed by atoms with Crippen molar-refractivity contribution in [3.05, 3.63) is 12.2 Å². The van der Waals surface area contributed by atoms with Gasteiger partial charge in [0.05, 0.1) is 19.8 Å². The van der Waals surface area contributed by atoms with Crippen molar-refractivity contribution in [3.8, 4) is 0 Å². The highest BCUT2D eigenvalue weighted by molar-refractivity contribution is 6.12. The maximum absolute atomic E-state index is 11.8. The van der Waals surface area contributed by atoms with Gasteiger partial charge in [-0.05, 0) is 37.5 Å². The molecule has 1 N–H and O–H groups in total. The molecule has 2 rings (SSSR count). The zero-order chi connectivity index (χ0) is 18.1. The molecule has 1 aliphatic carbocycles. The van der Waals surface area contributed by atoms with Crippen molar-refractivity contribution in [2.45, 2.75) is 32.1 Å². The van der Waals surface area contributed by atoms with Crippen molar-refractivity contribution in [1.29, 1.82) is 0 Å². The van der Waals surface area contributed by atoms with E-state index in [-0.39, 0.29) is 17.7 Å². The van der Waals surface area contributed by atoms with E-state index in [0.29, 0.717) is 51.2 Å². The van der Waals surface area contributed by atoms with Crippen LogP contribution in [0.4, 0.5) is 0 Å². The van der Waals surface area contributed by atoms with Gasteiger partial charge in [0.25, 0.3) is 11.8 Å². The molecule has 0 aromatic carbocycles. The van der Waals surface area contributed by atoms with Crippen LogP contribution in [0, 0.1) is 11.8 Å². The first-order valence-corrected chi connectivity index (χ1v) is 8.97. The van der Waals surface area contributed by atoms with Gasteiger partial charge in [-0.25, -0.2) is 0 Å². The minimum absolute atomic E-state index is 0.0128. The van der Waals surface area contributed by atoms with Crippen LogP contribution in [0.5, 0.6) is 0 Å². The first kappa shape index (κ1) is 19.6. The summed E-state index contributed by atoms with van der Waals surface area (Å²) in [6.07, 6.45) is 7.03. The average Bonchev–Trinajstić information content (AvgIpc) is 2.93. The Morgan fingerprint density at radius 2 is 1.72 bits per heavy atom. The zero-order valence-corrected chi connectivity index (χ0v) is 14.9. The Morgan fingerprint density at radius 3 is 2.36 bits per heavy atom. The van der Waals surface area contributed by atoms with E-state index in [1.807, 2.05) is 0 Å². The maximum Gasteiger partial charge on any atom is 0.253 e. The summed E-state index contributed by atoms with van der Waals surface area (Å²) < 4.78 is 10.1. The van der Waals surface area contributed by atoms with Crippen LogP contribution in [-0.4, -0.2) is 62.6 Å². The molecule has 0 aromatic heterocycles. The predicted molar refractivity (Wildman–Crippen MR) is 91.6 cm³/mol. The fourth-order valence-corrected chi connectivity index (χ4v) is 3.24. The number of imide groups is 1. The van der Waals surface area contributed by atoms with E-state index in [2.05, 4.69) is 5.32 Å². The number of nitrogens with one attached hydrogen (secondary N) is 1. The van der Waals surface area contributed by atoms with E-state index in [1.54, 1.807) is 7.11 Å². The van der Waals surface area contributed by atoms with Gasteiger partial charge in [-0.2, -0.15) is 0 Å². The van der Waals surface area contributed by atoms with Gasteiger partial charge in [0.1, 0.15) is 0 Å². The lowest BCUT2D eigenvalue weighted by atomic mass is 9.81. The fourth-order valence-electron chi connectivity index (χ4n) is 3.24. The molecule has 25 heavy (non-hydrogen) atoms. The number of nitrogens with zero attached hydrogens (tertiary/aromatic N) is 1. The van der Waals surface area contributed by atoms with Gasteiger partial charge in [-0.3, -0.25) is 19.3 Å². The summed E-state index contributed by atoms with van der Waals surface area (Å²) in [4.78, 5) is 36.3. The fraction of sp³-hybridized carbons (Fsp3) is 0.722. The summed E-state index contributed by atoms with van der Waals surface area (Å²) in [5, 5.41) is 2.97. The average molecular weight is 352 g/mol. The highest BCUT2D eigenvalue weighted by atomic mass is 16.5. The van der Waals surface area contributed by atoms with E-state index < -0.39 is 0 Å². The number of carbonyl (C=O) groups is 3. The molecule has 0 unspecified atom stereocenters. The molecule has 7 nitrogen and oxygen atoms in total. The molecular formula is C18H28N2O5. The van der Waals surface area contributed by atoms with Gasteiger partial charge in [-0.1, -0.05) is 0 Å². The van der Waals surface area contributed by atoms with E-state index in [9.17, 15) is 14.4 Å². The Hall–Kier alpha value is -1.73. The molecule has 1 heterocycles. The summed E-state index contributed by atoms with van der Waals surface area (Å²) >= 11 is 0. The largest absolute Gasteiger partial charge is 0.382 e. The van der Waals surface area contributed by atoms with Crippen LogP contribution in [0.15, 0.2) is 12.2 Å². The minimum atomic E-state index is -0.202. The van der Waals surface area contributed by atoms with Crippen molar-refractivity contribution in [2.24, 2.45) is 11.8 Å². The molecule has 3 amide bonds. The number of hydrogen-bond donors (Lipinski definition) is 1. The van der Waals surface area contributed by atoms with Crippen molar-refractivity contribution < 1.29 is 23.9 Å². The van der Waals surface area contributed by atoms with Crippen LogP contribution in [0.3, 0.4) is 0 Å². The summed E-state index contributed by atoms with van der Waals surface area (Å²) in [5.41, 5.74) is 0. The maximum atomic E-state index is 11.8. The van der Waals surface area contributed by atoms with Crippen LogP contribution in [0.1, 0.15) is 32.1 Å². The molecule has 0 atom stereocenters. The Kier molecular flexibility index (Phi) is 8.08. The molecule has 0 saturated heterocycles. The van der Waals surface area contributed by atoms with Crippen LogP contribution < -0.4 is 5.32 Å². The summed E-state index contributed by atoms with van der Waals surface area (Å²) in [6, 6.07) is 0. The molecule has 0 bridgehead atoms. The second-order valence-electron chi connectivity index (χ2n) is 6.67. The molecule has 1 saturated carbocycles. The van der Waals surface area contributed by atoms with Crippen LogP contribution in [-0.2, 0) is 23.9 Å². The van der Waals surface area contributed by atoms with Crippen LogP contribution in [0.25, 0.3) is 0 Å². The van der Waals surface area contributed by atoms with Gasteiger partial charge < -0.3 is 14.8 Å². The van der Waals surface area contributed by atoms with Crippen LogP contribution >= 0.6 is 0 Å². The molecule has 1 aliphatic heterocycles.